The van der Waals surface area contributed by atoms with Crippen LogP contribution < -0.4 is 5.43 Å². The molecule has 0 amide bonds. The number of nitrogens with zero attached hydrogens (tertiary/aromatic N) is 2. The Morgan fingerprint density at radius 3 is 2.81 bits per heavy atom. The van der Waals surface area contributed by atoms with Gasteiger partial charge in [0.2, 0.25) is 0 Å². The van der Waals surface area contributed by atoms with Crippen LogP contribution in [0.25, 0.3) is 0 Å². The zero-order chi connectivity index (χ0) is 15.3. The Kier molecular flexibility index (Phi) is 3.20. The van der Waals surface area contributed by atoms with Crippen LogP contribution in [0, 0.1) is 33.5 Å². The second-order valence-corrected chi connectivity index (χ2v) is 6.97. The third-order valence-corrected chi connectivity index (χ3v) is 5.55. The van der Waals surface area contributed by atoms with E-state index >= 15 is 0 Å². The highest BCUT2D eigenvalue weighted by Crippen LogP contribution is 2.80. The Morgan fingerprint density at radius 2 is 2.14 bits per heavy atom. The van der Waals surface area contributed by atoms with Crippen molar-refractivity contribution in [2.45, 2.75) is 39.0 Å². The average molecular weight is 293 g/mol. The van der Waals surface area contributed by atoms with Crippen molar-refractivity contribution in [3.63, 3.8) is 0 Å². The zero-order valence-electron chi connectivity index (χ0n) is 12.6. The molecule has 0 aromatic rings. The third kappa shape index (κ3) is 2.02. The van der Waals surface area contributed by atoms with E-state index in [-0.39, 0.29) is 16.8 Å². The van der Waals surface area contributed by atoms with E-state index in [1.807, 2.05) is 0 Å². The molecule has 0 aromatic heterocycles. The first-order valence-electron chi connectivity index (χ1n) is 7.47. The number of rotatable bonds is 6. The highest BCUT2D eigenvalue weighted by atomic mass is 16.8. The fourth-order valence-electron chi connectivity index (χ4n) is 4.91. The topological polar surface area (TPSA) is 92.5 Å². The van der Waals surface area contributed by atoms with Gasteiger partial charge in [0.15, 0.2) is 0 Å². The Morgan fingerprint density at radius 1 is 1.38 bits per heavy atom. The smallest absolute Gasteiger partial charge is 0.322 e. The zero-order valence-corrected chi connectivity index (χ0v) is 12.6. The lowest BCUT2D eigenvalue weighted by Gasteiger charge is -2.29. The molecule has 4 unspecified atom stereocenters. The molecule has 1 spiro atoms. The molecule has 0 aromatic carbocycles. The quantitative estimate of drug-likeness (QED) is 0.392. The van der Waals surface area contributed by atoms with Crippen LogP contribution in [0.5, 0.6) is 0 Å². The summed E-state index contributed by atoms with van der Waals surface area (Å²) < 4.78 is 0. The normalized spacial score (nSPS) is 39.4. The van der Waals surface area contributed by atoms with Gasteiger partial charge in [-0.25, -0.2) is 4.79 Å². The number of carbonyl (C=O) groups is 1. The predicted molar refractivity (Wildman–Crippen MR) is 77.0 cm³/mol. The van der Waals surface area contributed by atoms with Crippen molar-refractivity contribution in [1.29, 1.82) is 10.8 Å². The molecule has 0 radical (unpaired) electrons. The van der Waals surface area contributed by atoms with Crippen molar-refractivity contribution in [1.82, 2.24) is 15.7 Å². The van der Waals surface area contributed by atoms with Crippen molar-refractivity contribution in [2.75, 3.05) is 7.05 Å². The van der Waals surface area contributed by atoms with Crippen LogP contribution in [-0.2, 0) is 9.63 Å². The number of hydrogen-bond acceptors (Lipinski definition) is 5. The summed E-state index contributed by atoms with van der Waals surface area (Å²) in [6.45, 7) is 2.28. The van der Waals surface area contributed by atoms with Crippen LogP contribution in [0.1, 0.15) is 39.0 Å². The molecule has 2 bridgehead atoms. The van der Waals surface area contributed by atoms with E-state index in [0.717, 1.165) is 43.5 Å². The number of nitrogens with one attached hydrogen (secondary N) is 3. The molecule has 0 heterocycles. The Hall–Kier alpha value is -1.63. The number of hydrogen-bond donors (Lipinski definition) is 3. The summed E-state index contributed by atoms with van der Waals surface area (Å²) in [4.78, 5) is 18.0. The predicted octanol–water partition coefficient (Wildman–Crippen LogP) is 1.53. The van der Waals surface area contributed by atoms with Gasteiger partial charge in [-0.3, -0.25) is 16.2 Å². The second-order valence-electron chi connectivity index (χ2n) is 6.97. The summed E-state index contributed by atoms with van der Waals surface area (Å²) in [6.07, 6.45) is 7.26. The molecule has 3 aliphatic rings. The molecule has 3 saturated carbocycles. The first kappa shape index (κ1) is 14.3. The van der Waals surface area contributed by atoms with Gasteiger partial charge in [-0.2, -0.15) is 0 Å². The highest BCUT2D eigenvalue weighted by Gasteiger charge is 2.78. The number of carbonyl (C=O) groups excluding carboxylic acids is 1. The maximum Gasteiger partial charge on any atom is 0.341 e. The maximum absolute atomic E-state index is 12.7. The van der Waals surface area contributed by atoms with E-state index in [9.17, 15) is 4.79 Å². The summed E-state index contributed by atoms with van der Waals surface area (Å²) in [5.41, 5.74) is 2.38. The largest absolute Gasteiger partial charge is 0.341 e. The van der Waals surface area contributed by atoms with Gasteiger partial charge in [-0.15, -0.1) is 10.3 Å². The minimum Gasteiger partial charge on any atom is -0.322 e. The molecule has 3 fully saturated rings. The van der Waals surface area contributed by atoms with Crippen LogP contribution in [0.15, 0.2) is 0 Å². The first-order chi connectivity index (χ1) is 9.96. The summed E-state index contributed by atoms with van der Waals surface area (Å²) in [5, 5.41) is 16.7. The van der Waals surface area contributed by atoms with Crippen LogP contribution in [-0.4, -0.2) is 36.0 Å². The van der Waals surface area contributed by atoms with Gasteiger partial charge in [0.05, 0.1) is 11.8 Å². The summed E-state index contributed by atoms with van der Waals surface area (Å²) in [5.74, 6) is 1.13. The number of fused-ring (bicyclic) bond motifs is 1. The van der Waals surface area contributed by atoms with Crippen molar-refractivity contribution >= 4 is 18.6 Å². The molecule has 0 saturated heterocycles. The molecule has 21 heavy (non-hydrogen) atoms. The average Bonchev–Trinajstić information content (AvgIpc) is 2.93. The van der Waals surface area contributed by atoms with Gasteiger partial charge in [0.1, 0.15) is 6.34 Å². The van der Waals surface area contributed by atoms with Crippen LogP contribution in [0.4, 0.5) is 0 Å². The molecule has 3 aliphatic carbocycles. The van der Waals surface area contributed by atoms with Gasteiger partial charge < -0.3 is 4.84 Å². The van der Waals surface area contributed by atoms with E-state index in [4.69, 9.17) is 15.7 Å². The van der Waals surface area contributed by atoms with E-state index < -0.39 is 0 Å². The molecule has 3 N–H and O–H groups in total. The lowest BCUT2D eigenvalue weighted by molar-refractivity contribution is -0.232. The van der Waals surface area contributed by atoms with Crippen LogP contribution in [0.3, 0.4) is 0 Å². The fourth-order valence-corrected chi connectivity index (χ4v) is 4.91. The molecule has 7 nitrogen and oxygen atoms in total. The summed E-state index contributed by atoms with van der Waals surface area (Å²) in [6, 6.07) is 0. The van der Waals surface area contributed by atoms with Crippen LogP contribution >= 0.6 is 0 Å². The summed E-state index contributed by atoms with van der Waals surface area (Å²) >= 11 is 0. The molecular weight excluding hydrogens is 270 g/mol. The Bertz CT molecular complexity index is 484. The van der Waals surface area contributed by atoms with Gasteiger partial charge in [-0.05, 0) is 49.4 Å². The first-order valence-corrected chi connectivity index (χ1v) is 7.47. The van der Waals surface area contributed by atoms with E-state index in [0.29, 0.717) is 11.8 Å². The molecular formula is C14H23N5O2. The summed E-state index contributed by atoms with van der Waals surface area (Å²) in [7, 11) is 1.58. The standard InChI is InChI=1S/C14H23N5O2/c1-10-3-11-5-13(4-10)7-14(13,6-11)12(20)21-19(9-16)18(2)17-8-15/h8-11,16H,3-7H2,1-2H3,(H2,15,17). The van der Waals surface area contributed by atoms with Gasteiger partial charge in [-0.1, -0.05) is 6.92 Å². The van der Waals surface area contributed by atoms with Crippen molar-refractivity contribution in [3.8, 4) is 0 Å². The molecule has 116 valence electrons. The lowest BCUT2D eigenvalue weighted by Crippen LogP contribution is -2.48. The minimum atomic E-state index is -0.324. The molecule has 7 heteroatoms. The van der Waals surface area contributed by atoms with Crippen molar-refractivity contribution < 1.29 is 9.63 Å². The maximum atomic E-state index is 12.7. The Balaban J connectivity index is 1.69. The van der Waals surface area contributed by atoms with Gasteiger partial charge >= 0.3 is 5.97 Å². The lowest BCUT2D eigenvalue weighted by atomic mass is 9.77. The second kappa shape index (κ2) is 4.69. The number of hydrazine groups is 2. The Labute approximate surface area is 124 Å². The molecule has 0 aliphatic heterocycles. The SMILES string of the molecule is CC1CC2CC3(C1)CC3(C(=O)ON(C=N)N(C)NC=N)C2. The van der Waals surface area contributed by atoms with Crippen molar-refractivity contribution in [2.24, 2.45) is 22.7 Å². The van der Waals surface area contributed by atoms with E-state index in [1.54, 1.807) is 7.05 Å². The highest BCUT2D eigenvalue weighted by molar-refractivity contribution is 5.83. The van der Waals surface area contributed by atoms with Gasteiger partial charge in [0, 0.05) is 7.05 Å². The number of hydroxylamine groups is 1. The molecule has 3 rings (SSSR count). The van der Waals surface area contributed by atoms with Crippen molar-refractivity contribution in [3.05, 3.63) is 0 Å². The van der Waals surface area contributed by atoms with Crippen LogP contribution in [0.2, 0.25) is 0 Å². The minimum absolute atomic E-state index is 0.160. The monoisotopic (exact) mass is 293 g/mol. The fraction of sp³-hybridized carbons (Fsp3) is 0.786. The third-order valence-electron chi connectivity index (χ3n) is 5.55. The van der Waals surface area contributed by atoms with E-state index in [2.05, 4.69) is 12.3 Å². The van der Waals surface area contributed by atoms with E-state index in [1.165, 1.54) is 11.5 Å². The van der Waals surface area contributed by atoms with Gasteiger partial charge in [0.25, 0.3) is 0 Å². The molecule has 4 atom stereocenters.